The molecule has 1 aromatic rings. The number of likely N-dealkylation sites (tertiary alicyclic amines) is 1. The highest BCUT2D eigenvalue weighted by Crippen LogP contribution is 2.24. The zero-order valence-electron chi connectivity index (χ0n) is 15.7. The van der Waals surface area contributed by atoms with Gasteiger partial charge in [0.1, 0.15) is 11.9 Å². The Morgan fingerprint density at radius 3 is 2.17 bits per heavy atom. The molecule has 3 heterocycles. The number of carbonyl (C=O) groups excluding carboxylic acids is 4. The highest BCUT2D eigenvalue weighted by molar-refractivity contribution is 7.91. The number of sulfone groups is 1. The average molecular weight is 419 g/mol. The normalized spacial score (nSPS) is 23.0. The number of hydrogen-bond acceptors (Lipinski definition) is 6. The van der Waals surface area contributed by atoms with Gasteiger partial charge < -0.3 is 9.80 Å². The summed E-state index contributed by atoms with van der Waals surface area (Å²) in [6.45, 7) is 0.964. The lowest BCUT2D eigenvalue weighted by Crippen LogP contribution is -2.48. The van der Waals surface area contributed by atoms with E-state index < -0.39 is 39.5 Å². The fourth-order valence-electron chi connectivity index (χ4n) is 4.08. The van der Waals surface area contributed by atoms with E-state index >= 15 is 0 Å². The molecule has 2 fully saturated rings. The van der Waals surface area contributed by atoms with Gasteiger partial charge in [-0.15, -0.1) is 0 Å². The molecule has 154 valence electrons. The molecule has 0 bridgehead atoms. The van der Waals surface area contributed by atoms with Crippen LogP contribution in [0.3, 0.4) is 0 Å². The summed E-state index contributed by atoms with van der Waals surface area (Å²) >= 11 is 0. The highest BCUT2D eigenvalue weighted by Gasteiger charge is 2.44. The van der Waals surface area contributed by atoms with Gasteiger partial charge in [-0.2, -0.15) is 0 Å². The minimum absolute atomic E-state index is 0.160. The number of rotatable bonds is 4. The Kier molecular flexibility index (Phi) is 4.89. The zero-order valence-corrected chi connectivity index (χ0v) is 16.6. The van der Waals surface area contributed by atoms with Crippen LogP contribution in [0, 0.1) is 0 Å². The van der Waals surface area contributed by atoms with Gasteiger partial charge in [-0.05, 0) is 25.0 Å². The number of nitrogens with zero attached hydrogens (tertiary/aromatic N) is 3. The first-order chi connectivity index (χ1) is 13.8. The number of amides is 4. The number of hydrogen-bond donors (Lipinski definition) is 0. The Morgan fingerprint density at radius 2 is 1.59 bits per heavy atom. The Labute approximate surface area is 168 Å². The van der Waals surface area contributed by atoms with Gasteiger partial charge in [0.05, 0.1) is 16.9 Å². The monoisotopic (exact) mass is 419 g/mol. The smallest absolute Gasteiger partial charge is 0.261 e. The van der Waals surface area contributed by atoms with E-state index in [1.807, 2.05) is 0 Å². The largest absolute Gasteiger partial charge is 0.341 e. The highest BCUT2D eigenvalue weighted by atomic mass is 32.2. The van der Waals surface area contributed by atoms with Crippen molar-refractivity contribution in [3.8, 4) is 0 Å². The Balaban J connectivity index is 1.45. The molecule has 1 aromatic carbocycles. The van der Waals surface area contributed by atoms with Crippen molar-refractivity contribution in [3.63, 3.8) is 0 Å². The molecular formula is C19H21N3O6S. The molecule has 3 aliphatic rings. The summed E-state index contributed by atoms with van der Waals surface area (Å²) in [7, 11) is -3.56. The van der Waals surface area contributed by atoms with Gasteiger partial charge in [-0.25, -0.2) is 8.42 Å². The third-order valence-corrected chi connectivity index (χ3v) is 7.07. The van der Waals surface area contributed by atoms with E-state index in [1.165, 1.54) is 0 Å². The number of fused-ring (bicyclic) bond motifs is 1. The molecule has 29 heavy (non-hydrogen) atoms. The Hall–Kier alpha value is -2.75. The summed E-state index contributed by atoms with van der Waals surface area (Å²) in [6.07, 6.45) is 1.49. The maximum absolute atomic E-state index is 12.7. The van der Waals surface area contributed by atoms with Crippen LogP contribution in [0.5, 0.6) is 0 Å². The molecule has 10 heteroatoms. The van der Waals surface area contributed by atoms with Gasteiger partial charge in [0.25, 0.3) is 11.8 Å². The molecule has 1 atom stereocenters. The Morgan fingerprint density at radius 1 is 1.00 bits per heavy atom. The van der Waals surface area contributed by atoms with E-state index in [0.29, 0.717) is 13.1 Å². The maximum atomic E-state index is 12.7. The van der Waals surface area contributed by atoms with Crippen molar-refractivity contribution in [1.82, 2.24) is 14.7 Å². The summed E-state index contributed by atoms with van der Waals surface area (Å²) in [5, 5.41) is 0. The van der Waals surface area contributed by atoms with E-state index in [1.54, 1.807) is 29.2 Å². The first kappa shape index (κ1) is 19.6. The van der Waals surface area contributed by atoms with Crippen molar-refractivity contribution < 1.29 is 27.6 Å². The lowest BCUT2D eigenvalue weighted by Gasteiger charge is -2.27. The average Bonchev–Trinajstić information content (AvgIpc) is 3.39. The predicted octanol–water partition coefficient (Wildman–Crippen LogP) is -0.122. The third kappa shape index (κ3) is 3.52. The van der Waals surface area contributed by atoms with Crippen molar-refractivity contribution >= 4 is 33.5 Å². The summed E-state index contributed by atoms with van der Waals surface area (Å²) in [6, 6.07) is 5.38. The van der Waals surface area contributed by atoms with Crippen LogP contribution in [0.2, 0.25) is 0 Å². The summed E-state index contributed by atoms with van der Waals surface area (Å²) in [4.78, 5) is 53.9. The third-order valence-electron chi connectivity index (χ3n) is 5.57. The van der Waals surface area contributed by atoms with Gasteiger partial charge in [0.15, 0.2) is 9.84 Å². The zero-order chi connectivity index (χ0) is 20.8. The molecule has 0 saturated carbocycles. The van der Waals surface area contributed by atoms with Crippen molar-refractivity contribution in [2.24, 2.45) is 0 Å². The molecule has 0 spiro atoms. The quantitative estimate of drug-likeness (QED) is 0.629. The van der Waals surface area contributed by atoms with Crippen LogP contribution in [-0.2, 0) is 19.4 Å². The second-order valence-electron chi connectivity index (χ2n) is 7.51. The molecule has 3 aliphatic heterocycles. The van der Waals surface area contributed by atoms with Crippen LogP contribution >= 0.6 is 0 Å². The minimum atomic E-state index is -3.56. The van der Waals surface area contributed by atoms with E-state index in [4.69, 9.17) is 0 Å². The fraction of sp³-hybridized carbons (Fsp3) is 0.474. The first-order valence-electron chi connectivity index (χ1n) is 9.52. The summed E-state index contributed by atoms with van der Waals surface area (Å²) in [5.41, 5.74) is 0.576. The standard InChI is InChI=1S/C19H21N3O6S/c23-16(7-10-21-17(24)13-5-1-2-6-14(13)18(21)25)22-12-29(27,28)11-15(22)19(26)20-8-3-4-9-20/h1-2,5-6,15H,3-4,7-12H2/t15-/m0/s1. The van der Waals surface area contributed by atoms with Crippen molar-refractivity contribution in [2.75, 3.05) is 31.3 Å². The van der Waals surface area contributed by atoms with Gasteiger partial charge in [0.2, 0.25) is 11.8 Å². The molecule has 2 saturated heterocycles. The Bertz CT molecular complexity index is 964. The second kappa shape index (κ2) is 7.25. The molecule has 0 unspecified atom stereocenters. The summed E-state index contributed by atoms with van der Waals surface area (Å²) < 4.78 is 24.2. The lowest BCUT2D eigenvalue weighted by molar-refractivity contribution is -0.142. The van der Waals surface area contributed by atoms with Crippen LogP contribution in [0.25, 0.3) is 0 Å². The predicted molar refractivity (Wildman–Crippen MR) is 102 cm³/mol. The van der Waals surface area contributed by atoms with Crippen LogP contribution in [0.4, 0.5) is 0 Å². The second-order valence-corrected chi connectivity index (χ2v) is 9.59. The van der Waals surface area contributed by atoms with Crippen molar-refractivity contribution in [2.45, 2.75) is 25.3 Å². The number of imide groups is 1. The van der Waals surface area contributed by atoms with E-state index in [2.05, 4.69) is 0 Å². The molecular weight excluding hydrogens is 398 g/mol. The van der Waals surface area contributed by atoms with Gasteiger partial charge >= 0.3 is 0 Å². The van der Waals surface area contributed by atoms with E-state index in [9.17, 15) is 27.6 Å². The van der Waals surface area contributed by atoms with Crippen LogP contribution in [0.1, 0.15) is 40.0 Å². The number of carbonyl (C=O) groups is 4. The maximum Gasteiger partial charge on any atom is 0.261 e. The SMILES string of the molecule is O=C([C@@H]1CS(=O)(=O)CN1C(=O)CCN1C(=O)c2ccccc2C1=O)N1CCCC1. The van der Waals surface area contributed by atoms with E-state index in [0.717, 1.165) is 22.6 Å². The summed E-state index contributed by atoms with van der Waals surface area (Å²) in [5.74, 6) is -2.76. The molecule has 4 amide bonds. The molecule has 9 nitrogen and oxygen atoms in total. The molecule has 0 radical (unpaired) electrons. The van der Waals surface area contributed by atoms with Crippen LogP contribution < -0.4 is 0 Å². The van der Waals surface area contributed by atoms with Gasteiger partial charge in [-0.3, -0.25) is 24.1 Å². The number of benzene rings is 1. The van der Waals surface area contributed by atoms with E-state index in [-0.39, 0.29) is 35.8 Å². The van der Waals surface area contributed by atoms with Gasteiger partial charge in [-0.1, -0.05) is 12.1 Å². The minimum Gasteiger partial charge on any atom is -0.341 e. The molecule has 0 aromatic heterocycles. The van der Waals surface area contributed by atoms with Crippen LogP contribution in [0.15, 0.2) is 24.3 Å². The first-order valence-corrected chi connectivity index (χ1v) is 11.3. The van der Waals surface area contributed by atoms with Crippen molar-refractivity contribution in [3.05, 3.63) is 35.4 Å². The molecule has 0 N–H and O–H groups in total. The molecule has 4 rings (SSSR count). The van der Waals surface area contributed by atoms with Crippen molar-refractivity contribution in [1.29, 1.82) is 0 Å². The van der Waals surface area contributed by atoms with Crippen LogP contribution in [-0.4, -0.2) is 84.1 Å². The fourth-order valence-corrected chi connectivity index (χ4v) is 5.73. The lowest BCUT2D eigenvalue weighted by atomic mass is 10.1. The topological polar surface area (TPSA) is 112 Å². The van der Waals surface area contributed by atoms with Gasteiger partial charge in [0, 0.05) is 26.1 Å². The molecule has 0 aliphatic carbocycles.